The minimum atomic E-state index is -0.341. The minimum Gasteiger partial charge on any atom is -0.337 e. The Hall–Kier alpha value is -4.19. The summed E-state index contributed by atoms with van der Waals surface area (Å²) in [6.45, 7) is 1.09. The average molecular weight is 422 g/mol. The van der Waals surface area contributed by atoms with Crippen LogP contribution < -0.4 is 11.2 Å². The molecule has 0 aliphatic rings. The molecule has 6 heteroatoms. The van der Waals surface area contributed by atoms with Gasteiger partial charge in [-0.15, -0.1) is 0 Å². The van der Waals surface area contributed by atoms with Crippen molar-refractivity contribution in [3.8, 4) is 5.69 Å². The van der Waals surface area contributed by atoms with Crippen molar-refractivity contribution in [1.82, 2.24) is 18.7 Å². The van der Waals surface area contributed by atoms with E-state index < -0.39 is 0 Å². The van der Waals surface area contributed by atoms with Gasteiger partial charge in [0.05, 0.1) is 22.9 Å². The van der Waals surface area contributed by atoms with Gasteiger partial charge >= 0.3 is 5.69 Å². The van der Waals surface area contributed by atoms with Gasteiger partial charge in [0.1, 0.15) is 0 Å². The topological polar surface area (TPSA) is 61.8 Å². The Bertz CT molecular complexity index is 1450. The van der Waals surface area contributed by atoms with Gasteiger partial charge in [0.15, 0.2) is 0 Å². The molecule has 158 valence electrons. The van der Waals surface area contributed by atoms with Crippen LogP contribution in [0, 0.1) is 0 Å². The summed E-state index contributed by atoms with van der Waals surface area (Å²) in [4.78, 5) is 31.1. The Balaban J connectivity index is 1.70. The fraction of sp³-hybridized carbons (Fsp3) is 0.115. The molecule has 1 unspecified atom stereocenters. The summed E-state index contributed by atoms with van der Waals surface area (Å²) in [5, 5.41) is 0.519. The number of nitrogens with zero attached hydrogens (tertiary/aromatic N) is 4. The maximum absolute atomic E-state index is 13.7. The molecule has 3 aromatic carbocycles. The molecular weight excluding hydrogens is 400 g/mol. The van der Waals surface area contributed by atoms with Crippen molar-refractivity contribution >= 4 is 10.9 Å². The summed E-state index contributed by atoms with van der Waals surface area (Å²) in [6, 6.07) is 26.5. The molecule has 0 saturated carbocycles. The molecule has 0 spiro atoms. The Kier molecular flexibility index (Phi) is 5.25. The van der Waals surface area contributed by atoms with Crippen molar-refractivity contribution in [3.05, 3.63) is 130 Å². The SMILES string of the molecule is O=c1c2ccccc2n(CC(Cn2ccnc2)c2ccccc2)c(=O)n1-c1ccccc1. The number of imidazole rings is 1. The van der Waals surface area contributed by atoms with Gasteiger partial charge in [0.2, 0.25) is 0 Å². The first-order valence-corrected chi connectivity index (χ1v) is 10.5. The lowest BCUT2D eigenvalue weighted by atomic mass is 9.98. The van der Waals surface area contributed by atoms with E-state index in [4.69, 9.17) is 0 Å². The largest absolute Gasteiger partial charge is 0.337 e. The summed E-state index contributed by atoms with van der Waals surface area (Å²) in [6.07, 6.45) is 5.45. The molecule has 0 bridgehead atoms. The Morgan fingerprint density at radius 1 is 0.781 bits per heavy atom. The number of aromatic nitrogens is 4. The molecule has 0 N–H and O–H groups in total. The second kappa shape index (κ2) is 8.51. The van der Waals surface area contributed by atoms with E-state index in [0.29, 0.717) is 29.7 Å². The van der Waals surface area contributed by atoms with Gasteiger partial charge in [-0.05, 0) is 29.8 Å². The van der Waals surface area contributed by atoms with Crippen molar-refractivity contribution in [2.45, 2.75) is 19.0 Å². The average Bonchev–Trinajstić information content (AvgIpc) is 3.36. The summed E-state index contributed by atoms with van der Waals surface area (Å²) in [5.74, 6) is 0.00762. The van der Waals surface area contributed by atoms with Crippen molar-refractivity contribution in [2.75, 3.05) is 0 Å². The van der Waals surface area contributed by atoms with E-state index in [1.54, 1.807) is 35.3 Å². The van der Waals surface area contributed by atoms with Crippen molar-refractivity contribution in [3.63, 3.8) is 0 Å². The van der Waals surface area contributed by atoms with Crippen LogP contribution in [0.3, 0.4) is 0 Å². The third-order valence-corrected chi connectivity index (χ3v) is 5.73. The van der Waals surface area contributed by atoms with Crippen LogP contribution >= 0.6 is 0 Å². The fourth-order valence-corrected chi connectivity index (χ4v) is 4.17. The third kappa shape index (κ3) is 3.67. The number of hydrogen-bond donors (Lipinski definition) is 0. The van der Waals surface area contributed by atoms with E-state index in [9.17, 15) is 9.59 Å². The minimum absolute atomic E-state index is 0.00762. The van der Waals surface area contributed by atoms with E-state index >= 15 is 0 Å². The predicted molar refractivity (Wildman–Crippen MR) is 125 cm³/mol. The number of rotatable bonds is 6. The zero-order chi connectivity index (χ0) is 21.9. The predicted octanol–water partition coefficient (Wildman–Crippen LogP) is 3.83. The van der Waals surface area contributed by atoms with Crippen molar-refractivity contribution < 1.29 is 0 Å². The molecule has 0 saturated heterocycles. The molecule has 6 nitrogen and oxygen atoms in total. The first-order chi connectivity index (χ1) is 15.7. The maximum atomic E-state index is 13.7. The maximum Gasteiger partial charge on any atom is 0.336 e. The van der Waals surface area contributed by atoms with Crippen molar-refractivity contribution in [1.29, 1.82) is 0 Å². The van der Waals surface area contributed by atoms with Gasteiger partial charge in [-0.25, -0.2) is 14.3 Å². The lowest BCUT2D eigenvalue weighted by Crippen LogP contribution is -2.40. The molecule has 0 aliphatic carbocycles. The highest BCUT2D eigenvalue weighted by Crippen LogP contribution is 2.22. The molecule has 32 heavy (non-hydrogen) atoms. The zero-order valence-electron chi connectivity index (χ0n) is 17.4. The van der Waals surface area contributed by atoms with Crippen LogP contribution in [0.25, 0.3) is 16.6 Å². The molecular formula is C26H22N4O2. The summed E-state index contributed by atoms with van der Waals surface area (Å²) >= 11 is 0. The third-order valence-electron chi connectivity index (χ3n) is 5.73. The van der Waals surface area contributed by atoms with Crippen LogP contribution in [0.5, 0.6) is 0 Å². The molecule has 2 heterocycles. The Morgan fingerprint density at radius 3 is 2.19 bits per heavy atom. The van der Waals surface area contributed by atoms with E-state index in [1.807, 2.05) is 65.4 Å². The lowest BCUT2D eigenvalue weighted by molar-refractivity contribution is 0.478. The fourth-order valence-electron chi connectivity index (χ4n) is 4.17. The molecule has 5 aromatic rings. The first kappa shape index (κ1) is 19.8. The van der Waals surface area contributed by atoms with E-state index in [0.717, 1.165) is 5.56 Å². The van der Waals surface area contributed by atoms with Crippen LogP contribution in [-0.2, 0) is 13.1 Å². The molecule has 1 atom stereocenters. The quantitative estimate of drug-likeness (QED) is 0.418. The lowest BCUT2D eigenvalue weighted by Gasteiger charge is -2.21. The first-order valence-electron chi connectivity index (χ1n) is 10.5. The molecule has 5 rings (SSSR count). The van der Waals surface area contributed by atoms with E-state index in [1.165, 1.54) is 4.57 Å². The molecule has 0 aliphatic heterocycles. The van der Waals surface area contributed by atoms with Crippen LogP contribution in [0.2, 0.25) is 0 Å². The molecule has 2 aromatic heterocycles. The highest BCUT2D eigenvalue weighted by Gasteiger charge is 2.19. The Morgan fingerprint density at radius 2 is 1.47 bits per heavy atom. The van der Waals surface area contributed by atoms with Crippen LogP contribution in [0.1, 0.15) is 11.5 Å². The monoisotopic (exact) mass is 422 g/mol. The van der Waals surface area contributed by atoms with Crippen LogP contribution in [-0.4, -0.2) is 18.7 Å². The number of para-hydroxylation sites is 2. The highest BCUT2D eigenvalue weighted by atomic mass is 16.2. The van der Waals surface area contributed by atoms with Crippen molar-refractivity contribution in [2.24, 2.45) is 0 Å². The normalized spacial score (nSPS) is 12.1. The number of hydrogen-bond acceptors (Lipinski definition) is 3. The highest BCUT2D eigenvalue weighted by molar-refractivity contribution is 5.78. The van der Waals surface area contributed by atoms with Crippen LogP contribution in [0.4, 0.5) is 0 Å². The van der Waals surface area contributed by atoms with Gasteiger partial charge in [-0.1, -0.05) is 60.7 Å². The molecule has 0 radical (unpaired) electrons. The summed E-state index contributed by atoms with van der Waals surface area (Å²) in [5.41, 5.74) is 1.68. The summed E-state index contributed by atoms with van der Waals surface area (Å²) in [7, 11) is 0. The zero-order valence-corrected chi connectivity index (χ0v) is 17.4. The molecule has 0 amide bonds. The van der Waals surface area contributed by atoms with E-state index in [2.05, 4.69) is 17.1 Å². The molecule has 0 fully saturated rings. The van der Waals surface area contributed by atoms with Gasteiger partial charge in [-0.2, -0.15) is 0 Å². The number of fused-ring (bicyclic) bond motifs is 1. The van der Waals surface area contributed by atoms with Gasteiger partial charge < -0.3 is 4.57 Å². The van der Waals surface area contributed by atoms with Gasteiger partial charge in [-0.3, -0.25) is 9.36 Å². The van der Waals surface area contributed by atoms with Gasteiger partial charge in [0.25, 0.3) is 5.56 Å². The number of benzene rings is 3. The second-order valence-corrected chi connectivity index (χ2v) is 7.75. The van der Waals surface area contributed by atoms with Gasteiger partial charge in [0, 0.05) is 31.4 Å². The van der Waals surface area contributed by atoms with Crippen LogP contribution in [0.15, 0.2) is 113 Å². The smallest absolute Gasteiger partial charge is 0.336 e. The second-order valence-electron chi connectivity index (χ2n) is 7.75. The Labute approximate surface area is 184 Å². The standard InChI is InChI=1S/C26H22N4O2/c31-25-23-13-7-8-14-24(23)29(26(32)30(25)22-11-5-2-6-12-22)18-21(17-28-16-15-27-19-28)20-9-3-1-4-10-20/h1-16,19,21H,17-18H2. The van der Waals surface area contributed by atoms with E-state index in [-0.39, 0.29) is 17.2 Å². The summed E-state index contributed by atoms with van der Waals surface area (Å²) < 4.78 is 5.00.